The summed E-state index contributed by atoms with van der Waals surface area (Å²) in [6, 6.07) is 4.91. The summed E-state index contributed by atoms with van der Waals surface area (Å²) in [5.41, 5.74) is 1.51. The Kier molecular flexibility index (Phi) is 1.22. The van der Waals surface area contributed by atoms with Crippen LogP contribution in [0, 0.1) is 0 Å². The van der Waals surface area contributed by atoms with Crippen molar-refractivity contribution in [1.82, 2.24) is 9.97 Å². The van der Waals surface area contributed by atoms with Gasteiger partial charge in [-0.15, -0.1) is 0 Å². The first-order chi connectivity index (χ1) is 5.36. The first-order valence-electron chi connectivity index (χ1n) is 3.26. The third kappa shape index (κ3) is 1.00. The van der Waals surface area contributed by atoms with Crippen LogP contribution in [0.25, 0.3) is 11.0 Å². The minimum atomic E-state index is 0.220. The number of fused-ring (bicyclic) bond motifs is 1. The van der Waals surface area contributed by atoms with E-state index in [0.717, 1.165) is 5.52 Å². The summed E-state index contributed by atoms with van der Waals surface area (Å²) < 4.78 is 0. The largest absolute Gasteiger partial charge is 0.508 e. The Morgan fingerprint density at radius 2 is 1.73 bits per heavy atom. The Balaban J connectivity index is 2.83. The maximum absolute atomic E-state index is 9.06. The van der Waals surface area contributed by atoms with Crippen LogP contribution >= 0.6 is 0 Å². The smallest absolute Gasteiger partial charge is 0.117 e. The Hall–Kier alpha value is -1.64. The van der Waals surface area contributed by atoms with E-state index in [1.54, 1.807) is 30.6 Å². The van der Waals surface area contributed by atoms with Crippen molar-refractivity contribution in [3.05, 3.63) is 30.6 Å². The van der Waals surface area contributed by atoms with Crippen molar-refractivity contribution in [3.8, 4) is 5.75 Å². The lowest BCUT2D eigenvalue weighted by Gasteiger charge is -1.94. The molecule has 0 fully saturated rings. The molecule has 3 nitrogen and oxygen atoms in total. The summed E-state index contributed by atoms with van der Waals surface area (Å²) in [5, 5.41) is 9.06. The zero-order chi connectivity index (χ0) is 7.68. The molecule has 0 radical (unpaired) electrons. The number of rotatable bonds is 0. The number of nitrogens with zero attached hydrogens (tertiary/aromatic N) is 2. The van der Waals surface area contributed by atoms with E-state index in [1.807, 2.05) is 0 Å². The second-order valence-electron chi connectivity index (χ2n) is 2.23. The molecule has 1 N–H and O–H groups in total. The molecule has 0 atom stereocenters. The van der Waals surface area contributed by atoms with Gasteiger partial charge >= 0.3 is 0 Å². The molecule has 1 heterocycles. The van der Waals surface area contributed by atoms with Gasteiger partial charge in [0.1, 0.15) is 5.75 Å². The summed E-state index contributed by atoms with van der Waals surface area (Å²) in [6.45, 7) is 0. The van der Waals surface area contributed by atoms with E-state index in [9.17, 15) is 0 Å². The monoisotopic (exact) mass is 146 g/mol. The molecule has 2 aromatic rings. The Labute approximate surface area is 63.3 Å². The highest BCUT2D eigenvalue weighted by molar-refractivity contribution is 5.75. The summed E-state index contributed by atoms with van der Waals surface area (Å²) in [6.07, 6.45) is 3.22. The molecule has 0 amide bonds. The molecule has 0 aliphatic rings. The van der Waals surface area contributed by atoms with E-state index in [2.05, 4.69) is 9.97 Å². The van der Waals surface area contributed by atoms with E-state index in [-0.39, 0.29) is 5.75 Å². The van der Waals surface area contributed by atoms with Crippen molar-refractivity contribution in [1.29, 1.82) is 0 Å². The second-order valence-corrected chi connectivity index (χ2v) is 2.23. The van der Waals surface area contributed by atoms with Gasteiger partial charge < -0.3 is 5.11 Å². The summed E-state index contributed by atoms with van der Waals surface area (Å²) >= 11 is 0. The molecule has 1 aromatic heterocycles. The van der Waals surface area contributed by atoms with Crippen molar-refractivity contribution in [2.75, 3.05) is 0 Å². The molecule has 54 valence electrons. The molecule has 2 rings (SSSR count). The zero-order valence-corrected chi connectivity index (χ0v) is 5.73. The normalized spacial score (nSPS) is 10.2. The SMILES string of the molecule is Oc1ccc2nccnc2c1. The fourth-order valence-corrected chi connectivity index (χ4v) is 0.952. The molecule has 0 saturated heterocycles. The number of hydrogen-bond acceptors (Lipinski definition) is 3. The molecule has 0 aliphatic heterocycles. The number of hydrogen-bond donors (Lipinski definition) is 1. The van der Waals surface area contributed by atoms with Crippen LogP contribution in [-0.2, 0) is 0 Å². The molecule has 1 aromatic carbocycles. The van der Waals surface area contributed by atoms with Crippen LogP contribution in [0.3, 0.4) is 0 Å². The van der Waals surface area contributed by atoms with Gasteiger partial charge in [-0.1, -0.05) is 0 Å². The molecule has 3 heteroatoms. The highest BCUT2D eigenvalue weighted by Gasteiger charge is 1.93. The van der Waals surface area contributed by atoms with Crippen LogP contribution < -0.4 is 0 Å². The molecule has 0 spiro atoms. The maximum Gasteiger partial charge on any atom is 0.117 e. The molecule has 11 heavy (non-hydrogen) atoms. The van der Waals surface area contributed by atoms with Gasteiger partial charge in [0.2, 0.25) is 0 Å². The summed E-state index contributed by atoms with van der Waals surface area (Å²) in [4.78, 5) is 8.07. The predicted octanol–water partition coefficient (Wildman–Crippen LogP) is 1.34. The van der Waals surface area contributed by atoms with Crippen molar-refractivity contribution in [2.24, 2.45) is 0 Å². The topological polar surface area (TPSA) is 46.0 Å². The first-order valence-corrected chi connectivity index (χ1v) is 3.26. The van der Waals surface area contributed by atoms with Crippen molar-refractivity contribution < 1.29 is 5.11 Å². The van der Waals surface area contributed by atoms with Crippen LogP contribution in [-0.4, -0.2) is 15.1 Å². The second kappa shape index (κ2) is 2.20. The molecular weight excluding hydrogens is 140 g/mol. The molecule has 0 saturated carbocycles. The van der Waals surface area contributed by atoms with Gasteiger partial charge in [0.15, 0.2) is 0 Å². The van der Waals surface area contributed by atoms with Crippen LogP contribution in [0.4, 0.5) is 0 Å². The van der Waals surface area contributed by atoms with Crippen molar-refractivity contribution in [2.45, 2.75) is 0 Å². The van der Waals surface area contributed by atoms with E-state index < -0.39 is 0 Å². The number of phenolic OH excluding ortho intramolecular Hbond substituents is 1. The third-order valence-corrected chi connectivity index (χ3v) is 1.45. The summed E-state index contributed by atoms with van der Waals surface area (Å²) in [7, 11) is 0. The third-order valence-electron chi connectivity index (χ3n) is 1.45. The van der Waals surface area contributed by atoms with Crippen LogP contribution in [0.5, 0.6) is 5.75 Å². The summed E-state index contributed by atoms with van der Waals surface area (Å²) in [5.74, 6) is 0.220. The fourth-order valence-electron chi connectivity index (χ4n) is 0.952. The molecular formula is C8H6N2O. The maximum atomic E-state index is 9.06. The average molecular weight is 146 g/mol. The van der Waals surface area contributed by atoms with E-state index in [0.29, 0.717) is 5.52 Å². The average Bonchev–Trinajstić information content (AvgIpc) is 2.04. The van der Waals surface area contributed by atoms with Gasteiger partial charge in [0.05, 0.1) is 11.0 Å². The standard InChI is InChI=1S/C8H6N2O/c11-6-1-2-7-8(5-6)10-4-3-9-7/h1-5,11H. The van der Waals surface area contributed by atoms with Gasteiger partial charge in [-0.25, -0.2) is 0 Å². The van der Waals surface area contributed by atoms with E-state index in [4.69, 9.17) is 5.11 Å². The number of benzene rings is 1. The fraction of sp³-hybridized carbons (Fsp3) is 0. The van der Waals surface area contributed by atoms with Gasteiger partial charge in [-0.3, -0.25) is 9.97 Å². The van der Waals surface area contributed by atoms with Crippen molar-refractivity contribution >= 4 is 11.0 Å². The lowest BCUT2D eigenvalue weighted by Crippen LogP contribution is -1.79. The van der Waals surface area contributed by atoms with E-state index >= 15 is 0 Å². The number of phenols is 1. The number of aromatic hydroxyl groups is 1. The van der Waals surface area contributed by atoms with Gasteiger partial charge in [-0.05, 0) is 12.1 Å². The van der Waals surface area contributed by atoms with Crippen LogP contribution in [0.1, 0.15) is 0 Å². The molecule has 0 aliphatic carbocycles. The van der Waals surface area contributed by atoms with Gasteiger partial charge in [0, 0.05) is 18.5 Å². The lowest BCUT2D eigenvalue weighted by molar-refractivity contribution is 0.476. The predicted molar refractivity (Wildman–Crippen MR) is 41.2 cm³/mol. The first kappa shape index (κ1) is 6.09. The number of aromatic nitrogens is 2. The van der Waals surface area contributed by atoms with Crippen molar-refractivity contribution in [3.63, 3.8) is 0 Å². The van der Waals surface area contributed by atoms with Gasteiger partial charge in [0.25, 0.3) is 0 Å². The van der Waals surface area contributed by atoms with Crippen LogP contribution in [0.15, 0.2) is 30.6 Å². The Morgan fingerprint density at radius 3 is 2.55 bits per heavy atom. The minimum Gasteiger partial charge on any atom is -0.508 e. The zero-order valence-electron chi connectivity index (χ0n) is 5.73. The highest BCUT2D eigenvalue weighted by Crippen LogP contribution is 2.14. The van der Waals surface area contributed by atoms with E-state index in [1.165, 1.54) is 0 Å². The Morgan fingerprint density at radius 1 is 1.00 bits per heavy atom. The Bertz CT molecular complexity index is 387. The minimum absolute atomic E-state index is 0.220. The van der Waals surface area contributed by atoms with Crippen LogP contribution in [0.2, 0.25) is 0 Å². The van der Waals surface area contributed by atoms with Gasteiger partial charge in [-0.2, -0.15) is 0 Å². The molecule has 0 unspecified atom stereocenters. The quantitative estimate of drug-likeness (QED) is 0.610. The lowest BCUT2D eigenvalue weighted by atomic mass is 10.3. The molecule has 0 bridgehead atoms. The highest BCUT2D eigenvalue weighted by atomic mass is 16.3.